The molecule has 2 rings (SSSR count). The van der Waals surface area contributed by atoms with Crippen molar-refractivity contribution in [3.05, 3.63) is 29.3 Å². The van der Waals surface area contributed by atoms with Crippen molar-refractivity contribution in [1.29, 1.82) is 0 Å². The van der Waals surface area contributed by atoms with E-state index in [-0.39, 0.29) is 0 Å². The van der Waals surface area contributed by atoms with E-state index in [2.05, 4.69) is 28.9 Å². The predicted octanol–water partition coefficient (Wildman–Crippen LogP) is 2.45. The molecule has 19 heavy (non-hydrogen) atoms. The molecule has 1 atom stereocenters. The zero-order valence-corrected chi connectivity index (χ0v) is 12.4. The van der Waals surface area contributed by atoms with Crippen molar-refractivity contribution in [2.75, 3.05) is 44.2 Å². The van der Waals surface area contributed by atoms with E-state index >= 15 is 0 Å². The standard InChI is InChI=1S/C15H24ClN3/c1-2-13(11-17)12-18-7-9-19(10-8-18)15-6-4-3-5-14(15)16/h3-6,13H,2,7-12,17H2,1H3. The smallest absolute Gasteiger partial charge is 0.0639 e. The van der Waals surface area contributed by atoms with E-state index in [9.17, 15) is 0 Å². The molecule has 3 nitrogen and oxygen atoms in total. The summed E-state index contributed by atoms with van der Waals surface area (Å²) in [7, 11) is 0. The highest BCUT2D eigenvalue weighted by molar-refractivity contribution is 6.33. The van der Waals surface area contributed by atoms with Gasteiger partial charge in [-0.05, 0) is 24.6 Å². The molecule has 1 unspecified atom stereocenters. The first-order chi connectivity index (χ1) is 9.24. The number of anilines is 1. The zero-order chi connectivity index (χ0) is 13.7. The minimum absolute atomic E-state index is 0.631. The molecule has 1 fully saturated rings. The fourth-order valence-corrected chi connectivity index (χ4v) is 2.87. The highest BCUT2D eigenvalue weighted by Gasteiger charge is 2.20. The number of para-hydroxylation sites is 1. The second kappa shape index (κ2) is 7.13. The van der Waals surface area contributed by atoms with Crippen molar-refractivity contribution in [2.45, 2.75) is 13.3 Å². The zero-order valence-electron chi connectivity index (χ0n) is 11.7. The van der Waals surface area contributed by atoms with Crippen molar-refractivity contribution in [2.24, 2.45) is 11.7 Å². The first-order valence-electron chi connectivity index (χ1n) is 7.16. The van der Waals surface area contributed by atoms with Crippen molar-refractivity contribution in [3.63, 3.8) is 0 Å². The second-order valence-electron chi connectivity index (χ2n) is 5.25. The molecular formula is C15H24ClN3. The minimum atomic E-state index is 0.631. The molecule has 106 valence electrons. The van der Waals surface area contributed by atoms with Crippen LogP contribution in [0.5, 0.6) is 0 Å². The normalized spacial score (nSPS) is 18.6. The van der Waals surface area contributed by atoms with Crippen molar-refractivity contribution >= 4 is 17.3 Å². The Morgan fingerprint density at radius 1 is 1.21 bits per heavy atom. The SMILES string of the molecule is CCC(CN)CN1CCN(c2ccccc2Cl)CC1. The maximum absolute atomic E-state index is 6.25. The molecule has 0 spiro atoms. The van der Waals surface area contributed by atoms with E-state index in [1.807, 2.05) is 12.1 Å². The quantitative estimate of drug-likeness (QED) is 0.900. The number of hydrogen-bond donors (Lipinski definition) is 1. The Kier molecular flexibility index (Phi) is 5.49. The molecule has 1 aliphatic heterocycles. The molecule has 1 aromatic rings. The third kappa shape index (κ3) is 3.85. The average Bonchev–Trinajstić information content (AvgIpc) is 2.46. The molecule has 2 N–H and O–H groups in total. The first-order valence-corrected chi connectivity index (χ1v) is 7.54. The van der Waals surface area contributed by atoms with Crippen LogP contribution >= 0.6 is 11.6 Å². The molecule has 0 saturated carbocycles. The molecule has 1 aromatic carbocycles. The molecule has 0 amide bonds. The summed E-state index contributed by atoms with van der Waals surface area (Å²) in [6.07, 6.45) is 1.17. The van der Waals surface area contributed by atoms with Crippen LogP contribution in [0, 0.1) is 5.92 Å². The van der Waals surface area contributed by atoms with Crippen LogP contribution in [0.1, 0.15) is 13.3 Å². The van der Waals surface area contributed by atoms with Gasteiger partial charge in [0.25, 0.3) is 0 Å². The number of piperazine rings is 1. The molecule has 4 heteroatoms. The van der Waals surface area contributed by atoms with Gasteiger partial charge in [-0.3, -0.25) is 4.90 Å². The Hall–Kier alpha value is -0.770. The maximum atomic E-state index is 6.25. The molecular weight excluding hydrogens is 258 g/mol. The number of nitrogens with two attached hydrogens (primary N) is 1. The van der Waals surface area contributed by atoms with Gasteiger partial charge >= 0.3 is 0 Å². The topological polar surface area (TPSA) is 32.5 Å². The summed E-state index contributed by atoms with van der Waals surface area (Å²) in [4.78, 5) is 4.90. The molecule has 0 bridgehead atoms. The first kappa shape index (κ1) is 14.6. The number of hydrogen-bond acceptors (Lipinski definition) is 3. The van der Waals surface area contributed by atoms with Crippen molar-refractivity contribution < 1.29 is 0 Å². The number of halogens is 1. The van der Waals surface area contributed by atoms with E-state index in [4.69, 9.17) is 17.3 Å². The summed E-state index contributed by atoms with van der Waals surface area (Å²) in [5.41, 5.74) is 6.95. The highest BCUT2D eigenvalue weighted by Crippen LogP contribution is 2.26. The van der Waals surface area contributed by atoms with Gasteiger partial charge in [0, 0.05) is 32.7 Å². The Morgan fingerprint density at radius 3 is 2.47 bits per heavy atom. The van der Waals surface area contributed by atoms with Crippen LogP contribution in [0.4, 0.5) is 5.69 Å². The van der Waals surface area contributed by atoms with Gasteiger partial charge in [-0.25, -0.2) is 0 Å². The minimum Gasteiger partial charge on any atom is -0.368 e. The summed E-state index contributed by atoms with van der Waals surface area (Å²) in [6.45, 7) is 8.43. The summed E-state index contributed by atoms with van der Waals surface area (Å²) >= 11 is 6.25. The molecule has 0 aliphatic carbocycles. The maximum Gasteiger partial charge on any atom is 0.0639 e. The summed E-state index contributed by atoms with van der Waals surface area (Å²) in [5.74, 6) is 0.631. The summed E-state index contributed by atoms with van der Waals surface area (Å²) in [5, 5.41) is 0.851. The van der Waals surface area contributed by atoms with Crippen LogP contribution in [-0.2, 0) is 0 Å². The molecule has 1 heterocycles. The number of rotatable bonds is 5. The van der Waals surface area contributed by atoms with Gasteiger partial charge in [-0.15, -0.1) is 0 Å². The van der Waals surface area contributed by atoms with Crippen LogP contribution in [0.2, 0.25) is 5.02 Å². The predicted molar refractivity (Wildman–Crippen MR) is 82.9 cm³/mol. The molecule has 1 aliphatic rings. The fraction of sp³-hybridized carbons (Fsp3) is 0.600. The Morgan fingerprint density at radius 2 is 1.89 bits per heavy atom. The van der Waals surface area contributed by atoms with Gasteiger partial charge in [0.15, 0.2) is 0 Å². The number of nitrogens with zero attached hydrogens (tertiary/aromatic N) is 2. The summed E-state index contributed by atoms with van der Waals surface area (Å²) in [6, 6.07) is 8.10. The second-order valence-corrected chi connectivity index (χ2v) is 5.66. The van der Waals surface area contributed by atoms with Crippen LogP contribution in [0.3, 0.4) is 0 Å². The van der Waals surface area contributed by atoms with E-state index in [1.54, 1.807) is 0 Å². The highest BCUT2D eigenvalue weighted by atomic mass is 35.5. The van der Waals surface area contributed by atoms with Crippen molar-refractivity contribution in [3.8, 4) is 0 Å². The van der Waals surface area contributed by atoms with Gasteiger partial charge in [0.2, 0.25) is 0 Å². The average molecular weight is 282 g/mol. The molecule has 1 saturated heterocycles. The lowest BCUT2D eigenvalue weighted by Crippen LogP contribution is -2.48. The third-order valence-electron chi connectivity index (χ3n) is 3.99. The van der Waals surface area contributed by atoms with Crippen LogP contribution in [0.15, 0.2) is 24.3 Å². The van der Waals surface area contributed by atoms with Gasteiger partial charge in [0.05, 0.1) is 10.7 Å². The third-order valence-corrected chi connectivity index (χ3v) is 4.31. The Balaban J connectivity index is 1.87. The van der Waals surface area contributed by atoms with Crippen LogP contribution in [-0.4, -0.2) is 44.2 Å². The van der Waals surface area contributed by atoms with Crippen molar-refractivity contribution in [1.82, 2.24) is 4.90 Å². The molecule has 0 radical (unpaired) electrons. The van der Waals surface area contributed by atoms with E-state index in [0.717, 1.165) is 50.0 Å². The monoisotopic (exact) mass is 281 g/mol. The Bertz CT molecular complexity index is 385. The van der Waals surface area contributed by atoms with E-state index in [1.165, 1.54) is 6.42 Å². The lowest BCUT2D eigenvalue weighted by atomic mass is 10.1. The lowest BCUT2D eigenvalue weighted by Gasteiger charge is -2.37. The number of benzene rings is 1. The summed E-state index contributed by atoms with van der Waals surface area (Å²) < 4.78 is 0. The van der Waals surface area contributed by atoms with E-state index in [0.29, 0.717) is 5.92 Å². The van der Waals surface area contributed by atoms with Gasteiger partial charge < -0.3 is 10.6 Å². The largest absolute Gasteiger partial charge is 0.368 e. The molecule has 0 aromatic heterocycles. The van der Waals surface area contributed by atoms with Crippen LogP contribution in [0.25, 0.3) is 0 Å². The Labute approximate surface area is 121 Å². The van der Waals surface area contributed by atoms with Gasteiger partial charge in [-0.2, -0.15) is 0 Å². The van der Waals surface area contributed by atoms with Crippen LogP contribution < -0.4 is 10.6 Å². The van der Waals surface area contributed by atoms with Gasteiger partial charge in [0.1, 0.15) is 0 Å². The lowest BCUT2D eigenvalue weighted by molar-refractivity contribution is 0.218. The van der Waals surface area contributed by atoms with E-state index < -0.39 is 0 Å². The van der Waals surface area contributed by atoms with Gasteiger partial charge in [-0.1, -0.05) is 37.1 Å². The fourth-order valence-electron chi connectivity index (χ4n) is 2.61.